The van der Waals surface area contributed by atoms with Crippen LogP contribution in [0.2, 0.25) is 0 Å². The summed E-state index contributed by atoms with van der Waals surface area (Å²) in [5.41, 5.74) is 1.49. The fourth-order valence-corrected chi connectivity index (χ4v) is 2.38. The van der Waals surface area contributed by atoms with Gasteiger partial charge in [0.1, 0.15) is 0 Å². The molecule has 0 saturated carbocycles. The smallest absolute Gasteiger partial charge is 0.331 e. The van der Waals surface area contributed by atoms with Crippen LogP contribution in [0.4, 0.5) is 5.69 Å². The molecular weight excluding hydrogens is 360 g/mol. The first-order chi connectivity index (χ1) is 13.5. The number of esters is 1. The number of anilines is 1. The molecule has 2 aromatic carbocycles. The number of methoxy groups -OCH3 is 2. The van der Waals surface area contributed by atoms with E-state index in [0.717, 1.165) is 0 Å². The lowest BCUT2D eigenvalue weighted by molar-refractivity contribution is -0.148. The van der Waals surface area contributed by atoms with Crippen molar-refractivity contribution in [2.24, 2.45) is 0 Å². The largest absolute Gasteiger partial charge is 0.493 e. The van der Waals surface area contributed by atoms with Crippen molar-refractivity contribution in [1.29, 1.82) is 5.26 Å². The quantitative estimate of drug-likeness (QED) is 0.585. The van der Waals surface area contributed by atoms with E-state index in [4.69, 9.17) is 19.5 Å². The van der Waals surface area contributed by atoms with E-state index < -0.39 is 18.0 Å². The van der Waals surface area contributed by atoms with Gasteiger partial charge in [0.15, 0.2) is 17.6 Å². The third-order valence-corrected chi connectivity index (χ3v) is 3.75. The summed E-state index contributed by atoms with van der Waals surface area (Å²) in [7, 11) is 3.02. The standard InChI is InChI=1S/C21H20N2O5/c1-14(21(25)23-17-8-4-6-15(12-17)13-22)28-19(24)11-10-16-7-5-9-18(26-2)20(16)27-3/h4-12,14H,1-3H3,(H,23,25)/b11-10+/t14-/m0/s1. The van der Waals surface area contributed by atoms with E-state index in [1.165, 1.54) is 39.4 Å². The van der Waals surface area contributed by atoms with E-state index in [-0.39, 0.29) is 0 Å². The predicted molar refractivity (Wildman–Crippen MR) is 104 cm³/mol. The summed E-state index contributed by atoms with van der Waals surface area (Å²) in [6, 6.07) is 13.7. The van der Waals surface area contributed by atoms with Gasteiger partial charge in [-0.3, -0.25) is 4.79 Å². The molecule has 0 radical (unpaired) electrons. The molecule has 0 aromatic heterocycles. The Bertz CT molecular complexity index is 931. The number of hydrogen-bond acceptors (Lipinski definition) is 6. The lowest BCUT2D eigenvalue weighted by Gasteiger charge is -2.13. The summed E-state index contributed by atoms with van der Waals surface area (Å²) in [4.78, 5) is 24.2. The molecule has 0 saturated heterocycles. The number of hydrogen-bond donors (Lipinski definition) is 1. The molecule has 0 bridgehead atoms. The van der Waals surface area contributed by atoms with Crippen LogP contribution in [0.5, 0.6) is 11.5 Å². The number of ether oxygens (including phenoxy) is 3. The van der Waals surface area contributed by atoms with Crippen LogP contribution in [0.1, 0.15) is 18.1 Å². The van der Waals surface area contributed by atoms with Gasteiger partial charge in [0.2, 0.25) is 0 Å². The average Bonchev–Trinajstić information content (AvgIpc) is 2.71. The SMILES string of the molecule is COc1cccc(/C=C/C(=O)O[C@@H](C)C(=O)Nc2cccc(C#N)c2)c1OC. The molecule has 0 aliphatic heterocycles. The maximum atomic E-state index is 12.2. The molecule has 0 spiro atoms. The van der Waals surface area contributed by atoms with Crippen LogP contribution in [-0.2, 0) is 14.3 Å². The molecule has 0 aliphatic carbocycles. The minimum atomic E-state index is -1.02. The highest BCUT2D eigenvalue weighted by atomic mass is 16.5. The number of rotatable bonds is 7. The van der Waals surface area contributed by atoms with Gasteiger partial charge in [0.05, 0.1) is 25.9 Å². The highest BCUT2D eigenvalue weighted by Gasteiger charge is 2.17. The van der Waals surface area contributed by atoms with Crippen LogP contribution in [0.15, 0.2) is 48.5 Å². The van der Waals surface area contributed by atoms with Crippen molar-refractivity contribution in [3.8, 4) is 17.6 Å². The molecule has 7 nitrogen and oxygen atoms in total. The molecule has 2 aromatic rings. The number of carbonyl (C=O) groups is 2. The van der Waals surface area contributed by atoms with Crippen LogP contribution in [0.3, 0.4) is 0 Å². The molecule has 0 unspecified atom stereocenters. The van der Waals surface area contributed by atoms with Crippen LogP contribution in [0.25, 0.3) is 6.08 Å². The van der Waals surface area contributed by atoms with Gasteiger partial charge in [0, 0.05) is 17.3 Å². The summed E-state index contributed by atoms with van der Waals surface area (Å²) in [6.45, 7) is 1.46. The molecule has 1 N–H and O–H groups in total. The Kier molecular flexibility index (Phi) is 7.17. The molecule has 2 rings (SSSR count). The summed E-state index contributed by atoms with van der Waals surface area (Å²) in [6.07, 6.45) is 1.71. The highest BCUT2D eigenvalue weighted by molar-refractivity contribution is 5.96. The van der Waals surface area contributed by atoms with E-state index in [1.54, 1.807) is 36.4 Å². The summed E-state index contributed by atoms with van der Waals surface area (Å²) >= 11 is 0. The summed E-state index contributed by atoms with van der Waals surface area (Å²) < 4.78 is 15.6. The first-order valence-corrected chi connectivity index (χ1v) is 8.39. The molecule has 0 aliphatic rings. The fourth-order valence-electron chi connectivity index (χ4n) is 2.38. The highest BCUT2D eigenvalue weighted by Crippen LogP contribution is 2.31. The Morgan fingerprint density at radius 1 is 1.14 bits per heavy atom. The van der Waals surface area contributed by atoms with Gasteiger partial charge in [-0.2, -0.15) is 5.26 Å². The molecular formula is C21H20N2O5. The zero-order valence-corrected chi connectivity index (χ0v) is 15.8. The topological polar surface area (TPSA) is 97.6 Å². The Hall–Kier alpha value is -3.79. The second-order valence-corrected chi connectivity index (χ2v) is 5.68. The van der Waals surface area contributed by atoms with Crippen LogP contribution >= 0.6 is 0 Å². The number of nitrogens with one attached hydrogen (secondary N) is 1. The predicted octanol–water partition coefficient (Wildman–Crippen LogP) is 3.16. The average molecular weight is 380 g/mol. The monoisotopic (exact) mass is 380 g/mol. The van der Waals surface area contributed by atoms with Crippen LogP contribution in [-0.4, -0.2) is 32.2 Å². The molecule has 0 fully saturated rings. The van der Waals surface area contributed by atoms with Gasteiger partial charge in [-0.05, 0) is 37.3 Å². The third kappa shape index (κ3) is 5.35. The number of para-hydroxylation sites is 1. The van der Waals surface area contributed by atoms with Gasteiger partial charge in [0.25, 0.3) is 5.91 Å². The second kappa shape index (κ2) is 9.78. The molecule has 1 atom stereocenters. The van der Waals surface area contributed by atoms with Gasteiger partial charge in [-0.15, -0.1) is 0 Å². The Balaban J connectivity index is 1.99. The summed E-state index contributed by atoms with van der Waals surface area (Å²) in [5, 5.41) is 11.5. The molecule has 0 heterocycles. The van der Waals surface area contributed by atoms with Crippen molar-refractivity contribution in [1.82, 2.24) is 0 Å². The first-order valence-electron chi connectivity index (χ1n) is 8.39. The van der Waals surface area contributed by atoms with E-state index in [1.807, 2.05) is 6.07 Å². The molecule has 7 heteroatoms. The van der Waals surface area contributed by atoms with Crippen molar-refractivity contribution in [3.05, 3.63) is 59.7 Å². The van der Waals surface area contributed by atoms with Crippen LogP contribution in [0, 0.1) is 11.3 Å². The lowest BCUT2D eigenvalue weighted by Crippen LogP contribution is -2.29. The van der Waals surface area contributed by atoms with Crippen molar-refractivity contribution < 1.29 is 23.8 Å². The zero-order valence-electron chi connectivity index (χ0n) is 15.8. The van der Waals surface area contributed by atoms with E-state index >= 15 is 0 Å². The first kappa shape index (κ1) is 20.5. The Labute approximate surface area is 163 Å². The van der Waals surface area contributed by atoms with Gasteiger partial charge in [-0.25, -0.2) is 4.79 Å². The van der Waals surface area contributed by atoms with Crippen molar-refractivity contribution in [2.75, 3.05) is 19.5 Å². The van der Waals surface area contributed by atoms with E-state index in [0.29, 0.717) is 28.3 Å². The number of carbonyl (C=O) groups excluding carboxylic acids is 2. The molecule has 28 heavy (non-hydrogen) atoms. The van der Waals surface area contributed by atoms with Crippen molar-refractivity contribution >= 4 is 23.6 Å². The molecule has 144 valence electrons. The number of amides is 1. The second-order valence-electron chi connectivity index (χ2n) is 5.68. The van der Waals surface area contributed by atoms with Crippen LogP contribution < -0.4 is 14.8 Å². The van der Waals surface area contributed by atoms with E-state index in [9.17, 15) is 9.59 Å². The molecule has 1 amide bonds. The number of benzene rings is 2. The van der Waals surface area contributed by atoms with Gasteiger partial charge in [-0.1, -0.05) is 18.2 Å². The Morgan fingerprint density at radius 3 is 2.57 bits per heavy atom. The summed E-state index contributed by atoms with van der Waals surface area (Å²) in [5.74, 6) is -0.170. The van der Waals surface area contributed by atoms with Crippen molar-refractivity contribution in [2.45, 2.75) is 13.0 Å². The maximum Gasteiger partial charge on any atom is 0.331 e. The number of nitriles is 1. The van der Waals surface area contributed by atoms with Gasteiger partial charge < -0.3 is 19.5 Å². The third-order valence-electron chi connectivity index (χ3n) is 3.75. The Morgan fingerprint density at radius 2 is 1.89 bits per heavy atom. The lowest BCUT2D eigenvalue weighted by atomic mass is 10.1. The normalized spacial score (nSPS) is 11.4. The van der Waals surface area contributed by atoms with Gasteiger partial charge >= 0.3 is 5.97 Å². The zero-order chi connectivity index (χ0) is 20.5. The van der Waals surface area contributed by atoms with Crippen molar-refractivity contribution in [3.63, 3.8) is 0 Å². The minimum Gasteiger partial charge on any atom is -0.493 e. The fraction of sp³-hybridized carbons (Fsp3) is 0.190. The van der Waals surface area contributed by atoms with E-state index in [2.05, 4.69) is 5.32 Å². The minimum absolute atomic E-state index is 0.414. The number of nitrogens with zero attached hydrogens (tertiary/aromatic N) is 1. The maximum absolute atomic E-state index is 12.2.